The van der Waals surface area contributed by atoms with Crippen LogP contribution in [0.4, 0.5) is 14.5 Å². The van der Waals surface area contributed by atoms with Crippen molar-refractivity contribution in [2.75, 3.05) is 4.90 Å². The van der Waals surface area contributed by atoms with Gasteiger partial charge in [-0.3, -0.25) is 4.79 Å². The number of aryl methyl sites for hydroxylation is 2. The quantitative estimate of drug-likeness (QED) is 0.328. The van der Waals surface area contributed by atoms with Gasteiger partial charge in [0.2, 0.25) is 15.9 Å². The number of aromatic nitrogens is 2. The SMILES string of the molecule is Cn1ccnc1CN(C(=O)[C@H]1C[C@@H]1c1cccc(F)c1)c1ccc2c(c1)C(NS(=O)(=O)c1ccc(F)cc1)CC2. The molecule has 40 heavy (non-hydrogen) atoms. The van der Waals surface area contributed by atoms with Crippen LogP contribution in [-0.4, -0.2) is 23.9 Å². The molecule has 3 atom stereocenters. The number of nitrogens with one attached hydrogen (secondary N) is 1. The van der Waals surface area contributed by atoms with Gasteiger partial charge in [0.05, 0.1) is 11.4 Å². The Morgan fingerprint density at radius 3 is 2.60 bits per heavy atom. The summed E-state index contributed by atoms with van der Waals surface area (Å²) in [4.78, 5) is 20.0. The normalized spacial score (nSPS) is 19.8. The van der Waals surface area contributed by atoms with Crippen molar-refractivity contribution in [3.63, 3.8) is 0 Å². The molecule has 0 bridgehead atoms. The number of amides is 1. The van der Waals surface area contributed by atoms with Crippen LogP contribution < -0.4 is 9.62 Å². The van der Waals surface area contributed by atoms with E-state index in [1.54, 1.807) is 17.2 Å². The fourth-order valence-electron chi connectivity index (χ4n) is 5.51. The van der Waals surface area contributed by atoms with E-state index in [1.165, 1.54) is 24.3 Å². The fraction of sp³-hybridized carbons (Fsp3) is 0.267. The van der Waals surface area contributed by atoms with Crippen LogP contribution in [0, 0.1) is 17.6 Å². The molecule has 6 rings (SSSR count). The minimum absolute atomic E-state index is 0.0118. The zero-order valence-electron chi connectivity index (χ0n) is 21.8. The van der Waals surface area contributed by atoms with E-state index in [1.807, 2.05) is 42.1 Å². The van der Waals surface area contributed by atoms with E-state index in [0.717, 1.165) is 28.8 Å². The van der Waals surface area contributed by atoms with Crippen molar-refractivity contribution >= 4 is 21.6 Å². The first-order valence-electron chi connectivity index (χ1n) is 13.1. The van der Waals surface area contributed by atoms with E-state index in [9.17, 15) is 22.0 Å². The number of anilines is 1. The standard InChI is InChI=1S/C30H28F2N4O3S/c1-35-14-13-33-29(35)18-36(30(37)27-17-25(27)20-3-2-4-22(32)15-20)23-9-5-19-6-12-28(26(19)16-23)34-40(38,39)24-10-7-21(31)8-11-24/h2-5,7-11,13-16,25,27-28,34H,6,12,17-18H2,1H3/t25-,27+,28?/m1/s1. The molecule has 2 aliphatic rings. The third-order valence-corrected chi connectivity index (χ3v) is 9.30. The Hall–Kier alpha value is -3.89. The van der Waals surface area contributed by atoms with Crippen molar-refractivity contribution in [2.24, 2.45) is 13.0 Å². The molecule has 0 saturated heterocycles. The highest BCUT2D eigenvalue weighted by Crippen LogP contribution is 2.49. The van der Waals surface area contributed by atoms with Crippen LogP contribution in [0.15, 0.2) is 84.0 Å². The van der Waals surface area contributed by atoms with Crippen molar-refractivity contribution in [3.8, 4) is 0 Å². The third-order valence-electron chi connectivity index (χ3n) is 7.81. The van der Waals surface area contributed by atoms with E-state index < -0.39 is 21.9 Å². The first-order valence-corrected chi connectivity index (χ1v) is 14.6. The Morgan fingerprint density at radius 1 is 1.07 bits per heavy atom. The van der Waals surface area contributed by atoms with Crippen LogP contribution in [0.5, 0.6) is 0 Å². The summed E-state index contributed by atoms with van der Waals surface area (Å²) in [5.41, 5.74) is 3.26. The summed E-state index contributed by atoms with van der Waals surface area (Å²) < 4.78 is 57.9. The Bertz CT molecular complexity index is 1690. The van der Waals surface area contributed by atoms with Gasteiger partial charge >= 0.3 is 0 Å². The van der Waals surface area contributed by atoms with Gasteiger partial charge in [0.25, 0.3) is 0 Å². The van der Waals surface area contributed by atoms with Crippen LogP contribution >= 0.6 is 0 Å². The molecule has 7 nitrogen and oxygen atoms in total. The van der Waals surface area contributed by atoms with Crippen molar-refractivity contribution in [3.05, 3.63) is 113 Å². The first-order chi connectivity index (χ1) is 19.2. The van der Waals surface area contributed by atoms with E-state index in [-0.39, 0.29) is 35.0 Å². The number of rotatable bonds is 8. The van der Waals surface area contributed by atoms with E-state index >= 15 is 0 Å². The molecule has 0 radical (unpaired) electrons. The topological polar surface area (TPSA) is 84.3 Å². The second-order valence-electron chi connectivity index (χ2n) is 10.4. The summed E-state index contributed by atoms with van der Waals surface area (Å²) in [7, 11) is -2.02. The Morgan fingerprint density at radius 2 is 1.88 bits per heavy atom. The molecule has 1 aromatic heterocycles. The smallest absolute Gasteiger partial charge is 0.241 e. The van der Waals surface area contributed by atoms with Gasteiger partial charge in [0.1, 0.15) is 17.5 Å². The number of benzene rings is 3. The van der Waals surface area contributed by atoms with Gasteiger partial charge in [-0.05, 0) is 90.4 Å². The number of carbonyl (C=O) groups excluding carboxylic acids is 1. The maximum Gasteiger partial charge on any atom is 0.241 e. The number of hydrogen-bond acceptors (Lipinski definition) is 4. The predicted molar refractivity (Wildman–Crippen MR) is 146 cm³/mol. The second kappa shape index (κ2) is 10.3. The van der Waals surface area contributed by atoms with Crippen molar-refractivity contribution in [2.45, 2.75) is 42.7 Å². The molecular formula is C30H28F2N4O3S. The highest BCUT2D eigenvalue weighted by Gasteiger charge is 2.46. The Balaban J connectivity index is 1.29. The molecule has 206 valence electrons. The van der Waals surface area contributed by atoms with Gasteiger partial charge in [0, 0.05) is 37.1 Å². The lowest BCUT2D eigenvalue weighted by Gasteiger charge is -2.25. The maximum atomic E-state index is 13.9. The fourth-order valence-corrected chi connectivity index (χ4v) is 6.76. The Kier molecular flexibility index (Phi) is 6.75. The zero-order chi connectivity index (χ0) is 28.0. The zero-order valence-corrected chi connectivity index (χ0v) is 22.6. The molecule has 1 unspecified atom stereocenters. The molecular weight excluding hydrogens is 534 g/mol. The van der Waals surface area contributed by atoms with Gasteiger partial charge in [0.15, 0.2) is 0 Å². The largest absolute Gasteiger partial charge is 0.337 e. The number of fused-ring (bicyclic) bond motifs is 1. The van der Waals surface area contributed by atoms with Gasteiger partial charge in [-0.2, -0.15) is 0 Å². The van der Waals surface area contributed by atoms with Crippen LogP contribution in [0.1, 0.15) is 47.3 Å². The Labute approximate surface area is 231 Å². The van der Waals surface area contributed by atoms with Crippen LogP contribution in [0.25, 0.3) is 0 Å². The second-order valence-corrected chi connectivity index (χ2v) is 12.1. The lowest BCUT2D eigenvalue weighted by Crippen LogP contribution is -2.33. The van der Waals surface area contributed by atoms with E-state index in [0.29, 0.717) is 30.8 Å². The summed E-state index contributed by atoms with van der Waals surface area (Å²) in [6.07, 6.45) is 5.37. The van der Waals surface area contributed by atoms with Crippen LogP contribution in [0.3, 0.4) is 0 Å². The number of sulfonamides is 1. The molecule has 1 saturated carbocycles. The molecule has 1 N–H and O–H groups in total. The van der Waals surface area contributed by atoms with Gasteiger partial charge < -0.3 is 9.47 Å². The molecule has 0 aliphatic heterocycles. The van der Waals surface area contributed by atoms with Crippen molar-refractivity contribution in [1.82, 2.24) is 14.3 Å². The lowest BCUT2D eigenvalue weighted by molar-refractivity contribution is -0.120. The number of nitrogens with zero attached hydrogens (tertiary/aromatic N) is 3. The number of hydrogen-bond donors (Lipinski definition) is 1. The summed E-state index contributed by atoms with van der Waals surface area (Å²) in [5, 5.41) is 0. The average molecular weight is 563 g/mol. The van der Waals surface area contributed by atoms with E-state index in [2.05, 4.69) is 9.71 Å². The maximum absolute atomic E-state index is 13.9. The monoisotopic (exact) mass is 562 g/mol. The molecule has 1 amide bonds. The number of imidazole rings is 1. The number of halogens is 2. The average Bonchev–Trinajstić information content (AvgIpc) is 3.50. The molecule has 0 spiro atoms. The van der Waals surface area contributed by atoms with Crippen molar-refractivity contribution < 1.29 is 22.0 Å². The molecule has 4 aromatic rings. The predicted octanol–water partition coefficient (Wildman–Crippen LogP) is 5.00. The summed E-state index contributed by atoms with van der Waals surface area (Å²) >= 11 is 0. The summed E-state index contributed by atoms with van der Waals surface area (Å²) in [5.74, 6) is -0.570. The van der Waals surface area contributed by atoms with Gasteiger partial charge in [-0.15, -0.1) is 0 Å². The van der Waals surface area contributed by atoms with E-state index in [4.69, 9.17) is 0 Å². The van der Waals surface area contributed by atoms with Crippen LogP contribution in [-0.2, 0) is 34.8 Å². The summed E-state index contributed by atoms with van der Waals surface area (Å²) in [6.45, 7) is 0.236. The molecule has 1 heterocycles. The molecule has 10 heteroatoms. The minimum Gasteiger partial charge on any atom is -0.337 e. The van der Waals surface area contributed by atoms with Gasteiger partial charge in [-0.1, -0.05) is 18.2 Å². The molecule has 3 aromatic carbocycles. The lowest BCUT2D eigenvalue weighted by atomic mass is 10.1. The third kappa shape index (κ3) is 5.16. The van der Waals surface area contributed by atoms with Crippen LogP contribution in [0.2, 0.25) is 0 Å². The minimum atomic E-state index is -3.89. The first kappa shape index (κ1) is 26.3. The molecule has 2 aliphatic carbocycles. The highest BCUT2D eigenvalue weighted by atomic mass is 32.2. The summed E-state index contributed by atoms with van der Waals surface area (Å²) in [6, 6.07) is 16.3. The molecule has 1 fully saturated rings. The number of carbonyl (C=O) groups is 1. The highest BCUT2D eigenvalue weighted by molar-refractivity contribution is 7.89. The van der Waals surface area contributed by atoms with Crippen molar-refractivity contribution in [1.29, 1.82) is 0 Å². The van der Waals surface area contributed by atoms with Gasteiger partial charge in [-0.25, -0.2) is 26.9 Å².